The highest BCUT2D eigenvalue weighted by Crippen LogP contribution is 1.92. The number of carbonyl (C=O) groups is 1. The summed E-state index contributed by atoms with van der Waals surface area (Å²) in [5.41, 5.74) is 5.10. The molecule has 0 aliphatic heterocycles. The highest BCUT2D eigenvalue weighted by Gasteiger charge is 1.99. The molecule has 0 aromatic rings. The largest absolute Gasteiger partial charge is 0.464 e. The predicted molar refractivity (Wildman–Crippen MR) is 55.8 cm³/mol. The summed E-state index contributed by atoms with van der Waals surface area (Å²) in [4.78, 5) is 10.6. The van der Waals surface area contributed by atoms with E-state index in [9.17, 15) is 4.79 Å². The molecule has 7 heteroatoms. The second-order valence-corrected chi connectivity index (χ2v) is 2.37. The van der Waals surface area contributed by atoms with Crippen LogP contribution in [0.4, 0.5) is 0 Å². The summed E-state index contributed by atoms with van der Waals surface area (Å²) >= 11 is 1.13. The Bertz CT molecular complexity index is 97.4. The van der Waals surface area contributed by atoms with Crippen LogP contribution in [0.2, 0.25) is 0 Å². The van der Waals surface area contributed by atoms with Crippen LogP contribution in [-0.4, -0.2) is 24.9 Å². The van der Waals surface area contributed by atoms with Crippen molar-refractivity contribution < 1.29 is 9.53 Å². The lowest BCUT2D eigenvalue weighted by molar-refractivity contribution is -0.142. The van der Waals surface area contributed by atoms with Crippen LogP contribution in [0.25, 0.3) is 0 Å². The van der Waals surface area contributed by atoms with Crippen molar-refractivity contribution in [2.75, 3.05) is 18.9 Å². The highest BCUT2D eigenvalue weighted by molar-refractivity contribution is 7.97. The molecule has 4 nitrogen and oxygen atoms in total. The Balaban J connectivity index is -0.000000405. The Kier molecular flexibility index (Phi) is 21.0. The van der Waals surface area contributed by atoms with Crippen LogP contribution in [0.5, 0.6) is 0 Å². The number of halogens is 2. The number of esters is 1. The van der Waals surface area contributed by atoms with Gasteiger partial charge in [0.2, 0.25) is 0 Å². The van der Waals surface area contributed by atoms with Gasteiger partial charge >= 0.3 is 5.97 Å². The maximum absolute atomic E-state index is 10.6. The monoisotopic (exact) mass is 236 g/mol. The molecule has 0 aliphatic rings. The van der Waals surface area contributed by atoms with Crippen LogP contribution in [0.1, 0.15) is 6.42 Å². The van der Waals surface area contributed by atoms with Crippen molar-refractivity contribution in [1.29, 1.82) is 0 Å². The minimum absolute atomic E-state index is 0. The number of nitrogens with two attached hydrogens (primary N) is 2. The first-order valence-corrected chi connectivity index (χ1v) is 4.03. The molecule has 0 aliphatic carbocycles. The van der Waals surface area contributed by atoms with Crippen molar-refractivity contribution in [1.82, 2.24) is 0 Å². The van der Waals surface area contributed by atoms with Crippen LogP contribution >= 0.6 is 36.8 Å². The van der Waals surface area contributed by atoms with Gasteiger partial charge in [0.15, 0.2) is 0 Å². The SMILES string of the molecule is Cl.Cl.NCCOC(=O)CCSN. The first kappa shape index (κ1) is 18.2. The van der Waals surface area contributed by atoms with Crippen molar-refractivity contribution in [3.8, 4) is 0 Å². The van der Waals surface area contributed by atoms with Crippen molar-refractivity contribution in [2.24, 2.45) is 10.9 Å². The van der Waals surface area contributed by atoms with Gasteiger partial charge in [0.25, 0.3) is 0 Å². The summed E-state index contributed by atoms with van der Waals surface area (Å²) in [6.45, 7) is 0.676. The molecular weight excluding hydrogens is 223 g/mol. The molecule has 0 atom stereocenters. The number of ether oxygens (including phenoxy) is 1. The van der Waals surface area contributed by atoms with E-state index in [0.29, 0.717) is 25.3 Å². The maximum atomic E-state index is 10.6. The van der Waals surface area contributed by atoms with Crippen LogP contribution in [0, 0.1) is 0 Å². The van der Waals surface area contributed by atoms with Gasteiger partial charge in [-0.3, -0.25) is 9.93 Å². The number of carbonyl (C=O) groups excluding carboxylic acids is 1. The Morgan fingerprint density at radius 1 is 1.42 bits per heavy atom. The first-order chi connectivity index (χ1) is 4.81. The second kappa shape index (κ2) is 13.9. The van der Waals surface area contributed by atoms with E-state index in [1.165, 1.54) is 0 Å². The average Bonchev–Trinajstić information content (AvgIpc) is 1.97. The van der Waals surface area contributed by atoms with Gasteiger partial charge in [-0.25, -0.2) is 0 Å². The molecule has 0 fully saturated rings. The maximum Gasteiger partial charge on any atom is 0.306 e. The standard InChI is InChI=1S/C5H12N2O2S.2ClH/c6-2-3-9-5(8)1-4-10-7;;/h1-4,6-7H2;2*1H. The second-order valence-electron chi connectivity index (χ2n) is 1.63. The molecule has 0 rings (SSSR count). The zero-order valence-electron chi connectivity index (χ0n) is 6.52. The third kappa shape index (κ3) is 12.9. The fraction of sp³-hybridized carbons (Fsp3) is 0.800. The van der Waals surface area contributed by atoms with Gasteiger partial charge in [-0.1, -0.05) is 11.9 Å². The summed E-state index contributed by atoms with van der Waals surface area (Å²) in [6.07, 6.45) is 0.362. The minimum atomic E-state index is -0.233. The van der Waals surface area contributed by atoms with Crippen molar-refractivity contribution in [3.05, 3.63) is 0 Å². The lowest BCUT2D eigenvalue weighted by Crippen LogP contribution is -2.13. The molecule has 0 aromatic heterocycles. The van der Waals surface area contributed by atoms with Crippen LogP contribution in [0.3, 0.4) is 0 Å². The summed E-state index contributed by atoms with van der Waals surface area (Å²) < 4.78 is 4.66. The van der Waals surface area contributed by atoms with Crippen LogP contribution in [-0.2, 0) is 9.53 Å². The van der Waals surface area contributed by atoms with Gasteiger partial charge in [-0.15, -0.1) is 24.8 Å². The molecule has 0 amide bonds. The third-order valence-corrected chi connectivity index (χ3v) is 1.24. The van der Waals surface area contributed by atoms with Gasteiger partial charge in [-0.2, -0.15) is 0 Å². The molecule has 4 N–H and O–H groups in total. The number of rotatable bonds is 5. The fourth-order valence-corrected chi connectivity index (χ4v) is 0.672. The van der Waals surface area contributed by atoms with Gasteiger partial charge < -0.3 is 10.5 Å². The summed E-state index contributed by atoms with van der Waals surface area (Å²) in [6, 6.07) is 0. The molecule has 0 radical (unpaired) electrons. The molecule has 76 valence electrons. The van der Waals surface area contributed by atoms with Gasteiger partial charge in [0.05, 0.1) is 6.42 Å². The molecule has 0 spiro atoms. The molecule has 0 unspecified atom stereocenters. The summed E-state index contributed by atoms with van der Waals surface area (Å²) in [5, 5.41) is 5.09. The van der Waals surface area contributed by atoms with E-state index in [1.54, 1.807) is 0 Å². The zero-order valence-corrected chi connectivity index (χ0v) is 8.97. The lowest BCUT2D eigenvalue weighted by atomic mass is 10.5. The molecular formula is C5H14Cl2N2O2S. The topological polar surface area (TPSA) is 78.3 Å². The molecule has 0 heterocycles. The fourth-order valence-electron chi connectivity index (χ4n) is 0.387. The van der Waals surface area contributed by atoms with Crippen molar-refractivity contribution >= 4 is 42.7 Å². The van der Waals surface area contributed by atoms with E-state index < -0.39 is 0 Å². The smallest absolute Gasteiger partial charge is 0.306 e. The summed E-state index contributed by atoms with van der Waals surface area (Å²) in [5.74, 6) is 0.368. The Morgan fingerprint density at radius 3 is 2.42 bits per heavy atom. The third-order valence-electron chi connectivity index (χ3n) is 0.805. The number of hydrogen-bond acceptors (Lipinski definition) is 5. The van der Waals surface area contributed by atoms with E-state index in [2.05, 4.69) is 4.74 Å². The quantitative estimate of drug-likeness (QED) is 0.532. The van der Waals surface area contributed by atoms with Crippen molar-refractivity contribution in [3.63, 3.8) is 0 Å². The Morgan fingerprint density at radius 2 is 2.00 bits per heavy atom. The predicted octanol–water partition coefficient (Wildman–Crippen LogP) is 0.329. The molecule has 0 bridgehead atoms. The lowest BCUT2D eigenvalue weighted by Gasteiger charge is -2.00. The zero-order chi connectivity index (χ0) is 7.82. The van der Waals surface area contributed by atoms with E-state index in [0.717, 1.165) is 11.9 Å². The minimum Gasteiger partial charge on any atom is -0.464 e. The van der Waals surface area contributed by atoms with E-state index >= 15 is 0 Å². The Hall–Kier alpha value is 0.320. The average molecular weight is 237 g/mol. The van der Waals surface area contributed by atoms with Gasteiger partial charge in [0.1, 0.15) is 6.61 Å². The number of hydrogen-bond donors (Lipinski definition) is 2. The van der Waals surface area contributed by atoms with E-state index in [4.69, 9.17) is 10.9 Å². The Labute approximate surface area is 88.7 Å². The molecule has 0 saturated carbocycles. The normalized spacial score (nSPS) is 7.83. The summed E-state index contributed by atoms with van der Waals surface area (Å²) in [7, 11) is 0. The van der Waals surface area contributed by atoms with Crippen LogP contribution < -0.4 is 10.9 Å². The highest BCUT2D eigenvalue weighted by atomic mass is 35.5. The van der Waals surface area contributed by atoms with E-state index in [1.807, 2.05) is 0 Å². The van der Waals surface area contributed by atoms with E-state index in [-0.39, 0.29) is 30.8 Å². The molecule has 12 heavy (non-hydrogen) atoms. The van der Waals surface area contributed by atoms with Gasteiger partial charge in [0, 0.05) is 12.3 Å². The molecule has 0 aromatic carbocycles. The van der Waals surface area contributed by atoms with Crippen molar-refractivity contribution in [2.45, 2.75) is 6.42 Å². The van der Waals surface area contributed by atoms with Crippen LogP contribution in [0.15, 0.2) is 0 Å². The van der Waals surface area contributed by atoms with Gasteiger partial charge in [-0.05, 0) is 0 Å². The molecule has 0 saturated heterocycles. The first-order valence-electron chi connectivity index (χ1n) is 2.98.